The van der Waals surface area contributed by atoms with E-state index in [-0.39, 0.29) is 5.97 Å². The van der Waals surface area contributed by atoms with E-state index in [4.69, 9.17) is 4.74 Å². The van der Waals surface area contributed by atoms with E-state index in [9.17, 15) is 4.79 Å². The fourth-order valence-corrected chi connectivity index (χ4v) is 3.14. The second kappa shape index (κ2) is 1.79. The van der Waals surface area contributed by atoms with Gasteiger partial charge in [0.05, 0.1) is 5.92 Å². The molecule has 2 saturated carbocycles. The monoisotopic (exact) mass is 152 g/mol. The molecule has 0 radical (unpaired) electrons. The van der Waals surface area contributed by atoms with E-state index in [0.29, 0.717) is 17.9 Å². The summed E-state index contributed by atoms with van der Waals surface area (Å²) in [5, 5.41) is 0. The molecule has 0 aromatic heterocycles. The number of hydrogen-bond acceptors (Lipinski definition) is 2. The van der Waals surface area contributed by atoms with Gasteiger partial charge in [0, 0.05) is 0 Å². The first-order chi connectivity index (χ1) is 5.33. The van der Waals surface area contributed by atoms with Crippen LogP contribution in [0.5, 0.6) is 0 Å². The van der Waals surface area contributed by atoms with E-state index in [0.717, 1.165) is 25.2 Å². The van der Waals surface area contributed by atoms with Crippen molar-refractivity contribution in [2.45, 2.75) is 31.8 Å². The summed E-state index contributed by atoms with van der Waals surface area (Å²) in [5.41, 5.74) is 0. The largest absolute Gasteiger partial charge is 0.462 e. The third-order valence-electron chi connectivity index (χ3n) is 3.54. The fraction of sp³-hybridized carbons (Fsp3) is 0.889. The second-order valence-electron chi connectivity index (χ2n) is 4.23. The maximum Gasteiger partial charge on any atom is 0.309 e. The molecule has 11 heavy (non-hydrogen) atoms. The van der Waals surface area contributed by atoms with Crippen LogP contribution in [0.25, 0.3) is 0 Å². The molecule has 0 amide bonds. The van der Waals surface area contributed by atoms with E-state index >= 15 is 0 Å². The van der Waals surface area contributed by atoms with Crippen LogP contribution in [0.15, 0.2) is 0 Å². The Morgan fingerprint density at radius 1 is 1.18 bits per heavy atom. The van der Waals surface area contributed by atoms with Gasteiger partial charge in [-0.3, -0.25) is 4.79 Å². The van der Waals surface area contributed by atoms with Gasteiger partial charge in [0.1, 0.15) is 6.10 Å². The highest BCUT2D eigenvalue weighted by Gasteiger charge is 2.49. The van der Waals surface area contributed by atoms with Gasteiger partial charge in [-0.2, -0.15) is 0 Å². The van der Waals surface area contributed by atoms with Gasteiger partial charge < -0.3 is 4.74 Å². The number of fused-ring (bicyclic) bond motifs is 2. The highest BCUT2D eigenvalue weighted by atomic mass is 16.5. The van der Waals surface area contributed by atoms with Gasteiger partial charge in [-0.1, -0.05) is 0 Å². The number of hydrogen-bond donors (Lipinski definition) is 0. The van der Waals surface area contributed by atoms with Crippen LogP contribution in [0.1, 0.15) is 25.7 Å². The molecular formula is C9H12O2. The Labute approximate surface area is 65.9 Å². The molecule has 2 nitrogen and oxygen atoms in total. The van der Waals surface area contributed by atoms with E-state index in [2.05, 4.69) is 0 Å². The molecule has 1 aliphatic heterocycles. The number of carbonyl (C=O) groups is 1. The highest BCUT2D eigenvalue weighted by Crippen LogP contribution is 2.50. The standard InChI is InChI=1S/C9H12O2/c10-9-8-3-5-1-6(8)4-7(2-5)11-9/h5-8H,1-4H2/t5?,6?,7-,8?/m0/s1. The van der Waals surface area contributed by atoms with Crippen LogP contribution in [0.4, 0.5) is 0 Å². The molecule has 3 unspecified atom stereocenters. The van der Waals surface area contributed by atoms with Crippen molar-refractivity contribution in [2.75, 3.05) is 0 Å². The molecule has 0 aromatic carbocycles. The number of carbonyl (C=O) groups excluding carboxylic acids is 1. The third kappa shape index (κ3) is 0.700. The molecule has 3 fully saturated rings. The summed E-state index contributed by atoms with van der Waals surface area (Å²) in [6.45, 7) is 0. The molecule has 3 aliphatic rings. The van der Waals surface area contributed by atoms with Gasteiger partial charge in [0.2, 0.25) is 0 Å². The zero-order chi connectivity index (χ0) is 7.42. The van der Waals surface area contributed by atoms with E-state index in [1.165, 1.54) is 6.42 Å². The zero-order valence-electron chi connectivity index (χ0n) is 6.45. The van der Waals surface area contributed by atoms with Gasteiger partial charge in [-0.15, -0.1) is 0 Å². The Bertz CT molecular complexity index is 210. The molecule has 1 heterocycles. The van der Waals surface area contributed by atoms with Crippen LogP contribution in [-0.4, -0.2) is 12.1 Å². The molecule has 60 valence electrons. The van der Waals surface area contributed by atoms with Crippen molar-refractivity contribution in [3.63, 3.8) is 0 Å². The summed E-state index contributed by atoms with van der Waals surface area (Å²) in [4.78, 5) is 11.3. The maximum absolute atomic E-state index is 11.3. The Morgan fingerprint density at radius 2 is 2.09 bits per heavy atom. The summed E-state index contributed by atoms with van der Waals surface area (Å²) < 4.78 is 5.27. The quantitative estimate of drug-likeness (QED) is 0.490. The molecule has 3 rings (SSSR count). The average Bonchev–Trinajstić information content (AvgIpc) is 2.19. The molecule has 3 bridgehead atoms. The second-order valence-corrected chi connectivity index (χ2v) is 4.23. The van der Waals surface area contributed by atoms with Crippen LogP contribution < -0.4 is 0 Å². The summed E-state index contributed by atoms with van der Waals surface area (Å²) in [6, 6.07) is 0. The van der Waals surface area contributed by atoms with E-state index in [1.807, 2.05) is 0 Å². The fourth-order valence-electron chi connectivity index (χ4n) is 3.14. The van der Waals surface area contributed by atoms with Gasteiger partial charge in [-0.05, 0) is 37.5 Å². The summed E-state index contributed by atoms with van der Waals surface area (Å²) in [5.74, 6) is 1.90. The minimum Gasteiger partial charge on any atom is -0.462 e. The van der Waals surface area contributed by atoms with Crippen LogP contribution >= 0.6 is 0 Å². The summed E-state index contributed by atoms with van der Waals surface area (Å²) >= 11 is 0. The molecule has 1 saturated heterocycles. The van der Waals surface area contributed by atoms with Gasteiger partial charge in [-0.25, -0.2) is 0 Å². The van der Waals surface area contributed by atoms with Gasteiger partial charge >= 0.3 is 5.97 Å². The lowest BCUT2D eigenvalue weighted by Crippen LogP contribution is -2.35. The van der Waals surface area contributed by atoms with Gasteiger partial charge in [0.15, 0.2) is 0 Å². The lowest BCUT2D eigenvalue weighted by Gasteiger charge is -2.32. The van der Waals surface area contributed by atoms with Crippen LogP contribution in [0.3, 0.4) is 0 Å². The molecule has 0 aromatic rings. The van der Waals surface area contributed by atoms with Crippen molar-refractivity contribution >= 4 is 5.97 Å². The highest BCUT2D eigenvalue weighted by molar-refractivity contribution is 5.74. The minimum absolute atomic E-state index is 0.103. The molecule has 4 atom stereocenters. The zero-order valence-corrected chi connectivity index (χ0v) is 6.45. The maximum atomic E-state index is 11.3. The van der Waals surface area contributed by atoms with Crippen molar-refractivity contribution in [1.82, 2.24) is 0 Å². The third-order valence-corrected chi connectivity index (χ3v) is 3.54. The smallest absolute Gasteiger partial charge is 0.309 e. The minimum atomic E-state index is 0.103. The van der Waals surface area contributed by atoms with E-state index in [1.54, 1.807) is 0 Å². The van der Waals surface area contributed by atoms with Crippen molar-refractivity contribution in [2.24, 2.45) is 17.8 Å². The predicted octanol–water partition coefficient (Wildman–Crippen LogP) is 1.35. The summed E-state index contributed by atoms with van der Waals surface area (Å²) in [6.07, 6.45) is 5.03. The van der Waals surface area contributed by atoms with Crippen LogP contribution in [0.2, 0.25) is 0 Å². The normalized spacial score (nSPS) is 52.9. The molecular weight excluding hydrogens is 140 g/mol. The van der Waals surface area contributed by atoms with Crippen molar-refractivity contribution in [3.8, 4) is 0 Å². The molecule has 0 N–H and O–H groups in total. The first-order valence-electron chi connectivity index (χ1n) is 4.53. The molecule has 2 aliphatic carbocycles. The van der Waals surface area contributed by atoms with Crippen LogP contribution in [0, 0.1) is 17.8 Å². The van der Waals surface area contributed by atoms with E-state index < -0.39 is 0 Å². The molecule has 0 spiro atoms. The van der Waals surface area contributed by atoms with Gasteiger partial charge in [0.25, 0.3) is 0 Å². The number of esters is 1. The lowest BCUT2D eigenvalue weighted by atomic mass is 9.83. The van der Waals surface area contributed by atoms with Crippen molar-refractivity contribution in [1.29, 1.82) is 0 Å². The first-order valence-corrected chi connectivity index (χ1v) is 4.53. The summed E-state index contributed by atoms with van der Waals surface area (Å²) in [7, 11) is 0. The molecule has 2 heteroatoms. The Kier molecular flexibility index (Phi) is 0.984. The van der Waals surface area contributed by atoms with Crippen molar-refractivity contribution < 1.29 is 9.53 Å². The predicted molar refractivity (Wildman–Crippen MR) is 38.8 cm³/mol. The SMILES string of the molecule is O=C1O[C@H]2CC3CC(C2)C1C3. The van der Waals surface area contributed by atoms with Crippen LogP contribution in [-0.2, 0) is 9.53 Å². The number of ether oxygens (including phenoxy) is 1. The Balaban J connectivity index is 2.00. The Hall–Kier alpha value is -0.530. The lowest BCUT2D eigenvalue weighted by molar-refractivity contribution is -0.163. The number of rotatable bonds is 0. The first kappa shape index (κ1) is 6.04. The average molecular weight is 152 g/mol. The van der Waals surface area contributed by atoms with Crippen molar-refractivity contribution in [3.05, 3.63) is 0 Å². The Morgan fingerprint density at radius 3 is 3.00 bits per heavy atom. The topological polar surface area (TPSA) is 26.3 Å².